The molecule has 7 nitrogen and oxygen atoms in total. The average Bonchev–Trinajstić information content (AvgIpc) is 2.70. The molecule has 0 radical (unpaired) electrons. The third-order valence-electron chi connectivity index (χ3n) is 3.69. The van der Waals surface area contributed by atoms with Crippen LogP contribution in [0, 0.1) is 11.3 Å². The second kappa shape index (κ2) is 8.25. The molecule has 0 amide bonds. The fourth-order valence-electron chi connectivity index (χ4n) is 2.37. The van der Waals surface area contributed by atoms with Gasteiger partial charge in [-0.15, -0.1) is 0 Å². The van der Waals surface area contributed by atoms with Crippen LogP contribution in [0.15, 0.2) is 48.8 Å². The minimum absolute atomic E-state index is 0.450. The van der Waals surface area contributed by atoms with Gasteiger partial charge in [-0.3, -0.25) is 0 Å². The highest BCUT2D eigenvalue weighted by atomic mass is 35.5. The molecule has 0 unspecified atom stereocenters. The first-order valence-electron chi connectivity index (χ1n) is 7.90. The molecule has 3 rings (SSSR count). The minimum atomic E-state index is 0.450. The number of methoxy groups -OCH3 is 2. The third kappa shape index (κ3) is 4.37. The maximum atomic E-state index is 8.87. The topological polar surface area (TPSA) is 92.1 Å². The van der Waals surface area contributed by atoms with Gasteiger partial charge in [-0.1, -0.05) is 11.6 Å². The lowest BCUT2D eigenvalue weighted by Gasteiger charge is -2.14. The summed E-state index contributed by atoms with van der Waals surface area (Å²) in [7, 11) is 3.10. The Morgan fingerprint density at radius 1 is 0.926 bits per heavy atom. The Hall–Kier alpha value is -3.50. The molecule has 0 fully saturated rings. The summed E-state index contributed by atoms with van der Waals surface area (Å²) in [4.78, 5) is 8.43. The van der Waals surface area contributed by atoms with E-state index in [1.807, 2.05) is 0 Å². The van der Waals surface area contributed by atoms with Crippen LogP contribution in [0.2, 0.25) is 5.02 Å². The molecule has 136 valence electrons. The number of ether oxygens (including phenoxy) is 2. The molecule has 2 aromatic carbocycles. The van der Waals surface area contributed by atoms with Crippen molar-refractivity contribution in [1.29, 1.82) is 5.26 Å². The predicted octanol–water partition coefficient (Wildman–Crippen LogP) is 4.51. The first kappa shape index (κ1) is 18.3. The first-order chi connectivity index (χ1) is 13.1. The van der Waals surface area contributed by atoms with Crippen molar-refractivity contribution < 1.29 is 9.47 Å². The molecule has 0 atom stereocenters. The summed E-state index contributed by atoms with van der Waals surface area (Å²) in [5, 5.41) is 15.7. The van der Waals surface area contributed by atoms with Crippen LogP contribution in [0.3, 0.4) is 0 Å². The van der Waals surface area contributed by atoms with Gasteiger partial charge in [0.25, 0.3) is 0 Å². The summed E-state index contributed by atoms with van der Waals surface area (Å²) in [6.07, 6.45) is 1.44. The molecular formula is C19H16ClN5O2. The van der Waals surface area contributed by atoms with E-state index in [0.717, 1.165) is 5.69 Å². The van der Waals surface area contributed by atoms with Gasteiger partial charge < -0.3 is 20.1 Å². The normalized spacial score (nSPS) is 10.0. The van der Waals surface area contributed by atoms with Gasteiger partial charge in [0.05, 0.1) is 36.6 Å². The number of anilines is 4. The molecule has 1 aromatic heterocycles. The second-order valence-corrected chi connectivity index (χ2v) is 5.82. The van der Waals surface area contributed by atoms with Gasteiger partial charge in [0.1, 0.15) is 29.5 Å². The van der Waals surface area contributed by atoms with Crippen LogP contribution in [-0.4, -0.2) is 24.2 Å². The maximum absolute atomic E-state index is 8.87. The van der Waals surface area contributed by atoms with Crippen LogP contribution in [0.1, 0.15) is 5.56 Å². The van der Waals surface area contributed by atoms with E-state index in [0.29, 0.717) is 39.4 Å². The zero-order chi connectivity index (χ0) is 19.2. The molecule has 0 spiro atoms. The molecule has 3 aromatic rings. The van der Waals surface area contributed by atoms with Crippen LogP contribution >= 0.6 is 11.6 Å². The fourth-order valence-corrected chi connectivity index (χ4v) is 2.60. The van der Waals surface area contributed by atoms with Gasteiger partial charge in [0.15, 0.2) is 0 Å². The Morgan fingerprint density at radius 2 is 1.59 bits per heavy atom. The standard InChI is InChI=1S/C19H16ClN5O2/c1-26-16-8-15(17(27-2)7-14(16)20)25-19-9-18(22-11-23-19)24-13-5-3-12(10-21)4-6-13/h3-9,11H,1-2H3,(H2,22,23,24,25). The van der Waals surface area contributed by atoms with Crippen LogP contribution in [0.25, 0.3) is 0 Å². The highest BCUT2D eigenvalue weighted by molar-refractivity contribution is 6.32. The zero-order valence-electron chi connectivity index (χ0n) is 14.7. The predicted molar refractivity (Wildman–Crippen MR) is 104 cm³/mol. The van der Waals surface area contributed by atoms with E-state index in [9.17, 15) is 0 Å². The highest BCUT2D eigenvalue weighted by Gasteiger charge is 2.11. The Morgan fingerprint density at radius 3 is 2.22 bits per heavy atom. The van der Waals surface area contributed by atoms with E-state index in [4.69, 9.17) is 26.3 Å². The van der Waals surface area contributed by atoms with Crippen molar-refractivity contribution in [1.82, 2.24) is 9.97 Å². The molecule has 8 heteroatoms. The number of nitrogens with zero attached hydrogens (tertiary/aromatic N) is 3. The van der Waals surface area contributed by atoms with Crippen molar-refractivity contribution in [3.05, 3.63) is 59.4 Å². The van der Waals surface area contributed by atoms with Gasteiger partial charge >= 0.3 is 0 Å². The van der Waals surface area contributed by atoms with Gasteiger partial charge in [0.2, 0.25) is 0 Å². The van der Waals surface area contributed by atoms with Crippen LogP contribution in [0.5, 0.6) is 11.5 Å². The second-order valence-electron chi connectivity index (χ2n) is 5.41. The van der Waals surface area contributed by atoms with E-state index in [1.165, 1.54) is 6.33 Å². The Bertz CT molecular complexity index is 986. The van der Waals surface area contributed by atoms with E-state index in [1.54, 1.807) is 56.7 Å². The maximum Gasteiger partial charge on any atom is 0.144 e. The van der Waals surface area contributed by atoms with E-state index >= 15 is 0 Å². The number of hydrogen-bond donors (Lipinski definition) is 2. The van der Waals surface area contributed by atoms with Crippen molar-refractivity contribution in [2.75, 3.05) is 24.9 Å². The molecule has 1 heterocycles. The molecule has 0 saturated heterocycles. The van der Waals surface area contributed by atoms with Crippen LogP contribution in [0.4, 0.5) is 23.0 Å². The van der Waals surface area contributed by atoms with Gasteiger partial charge in [-0.25, -0.2) is 9.97 Å². The minimum Gasteiger partial charge on any atom is -0.495 e. The molecule has 0 aliphatic rings. The summed E-state index contributed by atoms with van der Waals surface area (Å²) >= 11 is 6.13. The monoisotopic (exact) mass is 381 g/mol. The molecular weight excluding hydrogens is 366 g/mol. The SMILES string of the molecule is COc1cc(Nc2cc(Nc3ccc(C#N)cc3)ncn2)c(OC)cc1Cl. The van der Waals surface area contributed by atoms with Crippen molar-refractivity contribution in [3.63, 3.8) is 0 Å². The van der Waals surface area contributed by atoms with Crippen LogP contribution in [-0.2, 0) is 0 Å². The van der Waals surface area contributed by atoms with Crippen molar-refractivity contribution >= 4 is 34.6 Å². The van der Waals surface area contributed by atoms with Crippen molar-refractivity contribution in [2.24, 2.45) is 0 Å². The summed E-state index contributed by atoms with van der Waals surface area (Å²) in [6.45, 7) is 0. The number of rotatable bonds is 6. The molecule has 27 heavy (non-hydrogen) atoms. The lowest BCUT2D eigenvalue weighted by atomic mass is 10.2. The Balaban J connectivity index is 1.82. The zero-order valence-corrected chi connectivity index (χ0v) is 15.4. The average molecular weight is 382 g/mol. The molecule has 0 aliphatic carbocycles. The number of benzene rings is 2. The summed E-state index contributed by atoms with van der Waals surface area (Å²) in [6, 6.07) is 14.3. The Labute approximate surface area is 161 Å². The van der Waals surface area contributed by atoms with Crippen molar-refractivity contribution in [3.8, 4) is 17.6 Å². The number of halogens is 1. The van der Waals surface area contributed by atoms with E-state index in [-0.39, 0.29) is 0 Å². The smallest absolute Gasteiger partial charge is 0.144 e. The lowest BCUT2D eigenvalue weighted by molar-refractivity contribution is 0.405. The van der Waals surface area contributed by atoms with Gasteiger partial charge in [-0.05, 0) is 24.3 Å². The quantitative estimate of drug-likeness (QED) is 0.649. The highest BCUT2D eigenvalue weighted by Crippen LogP contribution is 2.37. The first-order valence-corrected chi connectivity index (χ1v) is 8.28. The lowest BCUT2D eigenvalue weighted by Crippen LogP contribution is -2.00. The number of nitrogens with one attached hydrogen (secondary N) is 2. The largest absolute Gasteiger partial charge is 0.495 e. The summed E-state index contributed by atoms with van der Waals surface area (Å²) in [5.74, 6) is 2.23. The molecule has 2 N–H and O–H groups in total. The van der Waals surface area contributed by atoms with E-state index < -0.39 is 0 Å². The Kier molecular flexibility index (Phi) is 5.59. The van der Waals surface area contributed by atoms with E-state index in [2.05, 4.69) is 26.7 Å². The van der Waals surface area contributed by atoms with Gasteiger partial charge in [-0.2, -0.15) is 5.26 Å². The number of nitriles is 1. The van der Waals surface area contributed by atoms with Gasteiger partial charge in [0, 0.05) is 23.9 Å². The molecule has 0 aliphatic heterocycles. The number of hydrogen-bond acceptors (Lipinski definition) is 7. The third-order valence-corrected chi connectivity index (χ3v) is 3.99. The summed E-state index contributed by atoms with van der Waals surface area (Å²) < 4.78 is 10.6. The molecule has 0 bridgehead atoms. The fraction of sp³-hybridized carbons (Fsp3) is 0.105. The number of aromatic nitrogens is 2. The van der Waals surface area contributed by atoms with Crippen LogP contribution < -0.4 is 20.1 Å². The summed E-state index contributed by atoms with van der Waals surface area (Å²) in [5.41, 5.74) is 2.06. The van der Waals surface area contributed by atoms with Crippen molar-refractivity contribution in [2.45, 2.75) is 0 Å². The molecule has 0 saturated carbocycles.